The maximum Gasteiger partial charge on any atom is 0.230 e. The standard InChI is InChI=1S/C13H18N4OS/c1-3-7-14-11(18)9-19-13-16-15-12(10-5-6-10)17(13)8-4-2/h3-4,10H,1-2,5-9H2,(H,14,18). The number of carbonyl (C=O) groups excluding carboxylic acids is 1. The number of carbonyl (C=O) groups is 1. The smallest absolute Gasteiger partial charge is 0.230 e. The van der Waals surface area contributed by atoms with Gasteiger partial charge >= 0.3 is 0 Å². The van der Waals surface area contributed by atoms with Crippen LogP contribution in [-0.4, -0.2) is 33.0 Å². The Kier molecular flexibility index (Phi) is 4.79. The summed E-state index contributed by atoms with van der Waals surface area (Å²) in [6.07, 6.45) is 5.85. The van der Waals surface area contributed by atoms with E-state index in [1.807, 2.05) is 6.08 Å². The van der Waals surface area contributed by atoms with Crippen molar-refractivity contribution in [1.29, 1.82) is 0 Å². The number of allylic oxidation sites excluding steroid dienone is 1. The summed E-state index contributed by atoms with van der Waals surface area (Å²) < 4.78 is 2.05. The number of aromatic nitrogens is 3. The second-order valence-electron chi connectivity index (χ2n) is 4.40. The van der Waals surface area contributed by atoms with Gasteiger partial charge in [-0.2, -0.15) is 0 Å². The van der Waals surface area contributed by atoms with Crippen LogP contribution >= 0.6 is 11.8 Å². The molecule has 102 valence electrons. The normalized spacial score (nSPS) is 14.1. The molecule has 0 saturated heterocycles. The van der Waals surface area contributed by atoms with E-state index in [9.17, 15) is 4.79 Å². The van der Waals surface area contributed by atoms with Gasteiger partial charge in [-0.15, -0.1) is 23.4 Å². The molecule has 1 heterocycles. The minimum atomic E-state index is -0.0222. The molecular weight excluding hydrogens is 260 g/mol. The maximum atomic E-state index is 11.5. The Morgan fingerprint density at radius 3 is 2.84 bits per heavy atom. The van der Waals surface area contributed by atoms with Gasteiger partial charge in [-0.25, -0.2) is 0 Å². The van der Waals surface area contributed by atoms with Gasteiger partial charge in [0.15, 0.2) is 5.16 Å². The molecule has 0 bridgehead atoms. The molecule has 0 atom stereocenters. The average molecular weight is 278 g/mol. The van der Waals surface area contributed by atoms with Crippen molar-refractivity contribution in [2.45, 2.75) is 30.5 Å². The van der Waals surface area contributed by atoms with Crippen molar-refractivity contribution < 1.29 is 4.79 Å². The molecule has 2 rings (SSSR count). The molecule has 1 amide bonds. The van der Waals surface area contributed by atoms with Crippen LogP contribution < -0.4 is 5.32 Å². The van der Waals surface area contributed by atoms with E-state index in [4.69, 9.17) is 0 Å². The number of nitrogens with zero attached hydrogens (tertiary/aromatic N) is 3. The molecule has 1 N–H and O–H groups in total. The van der Waals surface area contributed by atoms with E-state index < -0.39 is 0 Å². The molecule has 0 aromatic carbocycles. The molecule has 0 radical (unpaired) electrons. The lowest BCUT2D eigenvalue weighted by Gasteiger charge is -2.06. The molecule has 5 nitrogen and oxygen atoms in total. The highest BCUT2D eigenvalue weighted by atomic mass is 32.2. The topological polar surface area (TPSA) is 59.8 Å². The molecule has 1 fully saturated rings. The lowest BCUT2D eigenvalue weighted by atomic mass is 10.4. The van der Waals surface area contributed by atoms with Gasteiger partial charge < -0.3 is 9.88 Å². The molecule has 1 aromatic rings. The first-order valence-electron chi connectivity index (χ1n) is 6.30. The zero-order valence-electron chi connectivity index (χ0n) is 10.8. The Morgan fingerprint density at radius 2 is 2.21 bits per heavy atom. The Labute approximate surface area is 117 Å². The van der Waals surface area contributed by atoms with Crippen molar-refractivity contribution in [2.24, 2.45) is 0 Å². The van der Waals surface area contributed by atoms with Crippen LogP contribution in [0.3, 0.4) is 0 Å². The van der Waals surface area contributed by atoms with E-state index >= 15 is 0 Å². The predicted molar refractivity (Wildman–Crippen MR) is 76.1 cm³/mol. The number of hydrogen-bond donors (Lipinski definition) is 1. The molecule has 1 aromatic heterocycles. The first kappa shape index (κ1) is 13.9. The molecule has 1 aliphatic rings. The summed E-state index contributed by atoms with van der Waals surface area (Å²) in [6, 6.07) is 0. The molecule has 0 spiro atoms. The SMILES string of the molecule is C=CCNC(=O)CSc1nnc(C2CC2)n1CC=C. The van der Waals surface area contributed by atoms with Crippen LogP contribution in [0.2, 0.25) is 0 Å². The second-order valence-corrected chi connectivity index (χ2v) is 5.34. The second kappa shape index (κ2) is 6.56. The van der Waals surface area contributed by atoms with Gasteiger partial charge in [0.2, 0.25) is 5.91 Å². The van der Waals surface area contributed by atoms with Crippen molar-refractivity contribution >= 4 is 17.7 Å². The summed E-state index contributed by atoms with van der Waals surface area (Å²) in [7, 11) is 0. The summed E-state index contributed by atoms with van der Waals surface area (Å²) in [6.45, 7) is 8.50. The first-order chi connectivity index (χ1) is 9.26. The largest absolute Gasteiger partial charge is 0.352 e. The van der Waals surface area contributed by atoms with E-state index in [2.05, 4.69) is 33.2 Å². The van der Waals surface area contributed by atoms with Crippen LogP contribution in [0.5, 0.6) is 0 Å². The third-order valence-electron chi connectivity index (χ3n) is 2.78. The molecule has 0 aliphatic heterocycles. The van der Waals surface area contributed by atoms with Gasteiger partial charge in [0.1, 0.15) is 5.82 Å². The lowest BCUT2D eigenvalue weighted by Crippen LogP contribution is -2.25. The molecule has 6 heteroatoms. The van der Waals surface area contributed by atoms with Crippen molar-refractivity contribution in [3.8, 4) is 0 Å². The molecule has 1 saturated carbocycles. The zero-order valence-corrected chi connectivity index (χ0v) is 11.7. The summed E-state index contributed by atoms with van der Waals surface area (Å²) >= 11 is 1.41. The van der Waals surface area contributed by atoms with Gasteiger partial charge in [0.25, 0.3) is 0 Å². The van der Waals surface area contributed by atoms with Gasteiger partial charge in [-0.3, -0.25) is 4.79 Å². The fourth-order valence-electron chi connectivity index (χ4n) is 1.72. The lowest BCUT2D eigenvalue weighted by molar-refractivity contribution is -0.118. The minimum Gasteiger partial charge on any atom is -0.352 e. The van der Waals surface area contributed by atoms with Crippen molar-refractivity contribution in [3.63, 3.8) is 0 Å². The Morgan fingerprint density at radius 1 is 1.42 bits per heavy atom. The summed E-state index contributed by atoms with van der Waals surface area (Å²) in [5, 5.41) is 11.9. The van der Waals surface area contributed by atoms with E-state index in [0.29, 0.717) is 24.8 Å². The van der Waals surface area contributed by atoms with Crippen LogP contribution in [0.4, 0.5) is 0 Å². The van der Waals surface area contributed by atoms with Gasteiger partial charge in [-0.05, 0) is 12.8 Å². The van der Waals surface area contributed by atoms with E-state index in [1.54, 1.807) is 6.08 Å². The Bertz CT molecular complexity index is 479. The number of hydrogen-bond acceptors (Lipinski definition) is 4. The van der Waals surface area contributed by atoms with Crippen molar-refractivity contribution in [3.05, 3.63) is 31.1 Å². The van der Waals surface area contributed by atoms with E-state index in [-0.39, 0.29) is 5.91 Å². The van der Waals surface area contributed by atoms with Gasteiger partial charge in [0.05, 0.1) is 5.75 Å². The highest BCUT2D eigenvalue weighted by molar-refractivity contribution is 7.99. The summed E-state index contributed by atoms with van der Waals surface area (Å²) in [4.78, 5) is 11.5. The van der Waals surface area contributed by atoms with Gasteiger partial charge in [-0.1, -0.05) is 23.9 Å². The van der Waals surface area contributed by atoms with Crippen LogP contribution in [0.15, 0.2) is 30.5 Å². The zero-order chi connectivity index (χ0) is 13.7. The minimum absolute atomic E-state index is 0.0222. The van der Waals surface area contributed by atoms with Gasteiger partial charge in [0, 0.05) is 19.0 Å². The highest BCUT2D eigenvalue weighted by Gasteiger charge is 2.30. The Hall–Kier alpha value is -1.56. The van der Waals surface area contributed by atoms with Crippen molar-refractivity contribution in [1.82, 2.24) is 20.1 Å². The molecule has 19 heavy (non-hydrogen) atoms. The number of rotatable bonds is 8. The summed E-state index contributed by atoms with van der Waals surface area (Å²) in [5.74, 6) is 1.88. The monoisotopic (exact) mass is 278 g/mol. The Balaban J connectivity index is 1.97. The first-order valence-corrected chi connectivity index (χ1v) is 7.29. The fourth-order valence-corrected chi connectivity index (χ4v) is 2.50. The average Bonchev–Trinajstić information content (AvgIpc) is 3.18. The highest BCUT2D eigenvalue weighted by Crippen LogP contribution is 2.39. The molecule has 1 aliphatic carbocycles. The van der Waals surface area contributed by atoms with E-state index in [0.717, 1.165) is 11.0 Å². The molecular formula is C13H18N4OS. The number of amides is 1. The van der Waals surface area contributed by atoms with Crippen LogP contribution in [0.1, 0.15) is 24.6 Å². The quantitative estimate of drug-likeness (QED) is 0.581. The third-order valence-corrected chi connectivity index (χ3v) is 3.74. The van der Waals surface area contributed by atoms with E-state index in [1.165, 1.54) is 24.6 Å². The van der Waals surface area contributed by atoms with Crippen LogP contribution in [-0.2, 0) is 11.3 Å². The van der Waals surface area contributed by atoms with Crippen LogP contribution in [0.25, 0.3) is 0 Å². The molecule has 0 unspecified atom stereocenters. The predicted octanol–water partition coefficient (Wildman–Crippen LogP) is 1.74. The van der Waals surface area contributed by atoms with Crippen molar-refractivity contribution in [2.75, 3.05) is 12.3 Å². The summed E-state index contributed by atoms with van der Waals surface area (Å²) in [5.41, 5.74) is 0. The van der Waals surface area contributed by atoms with Crippen LogP contribution in [0, 0.1) is 0 Å². The number of thioether (sulfide) groups is 1. The fraction of sp³-hybridized carbons (Fsp3) is 0.462. The number of nitrogens with one attached hydrogen (secondary N) is 1. The third kappa shape index (κ3) is 3.70. The maximum absolute atomic E-state index is 11.5.